The van der Waals surface area contributed by atoms with Crippen molar-refractivity contribution in [2.75, 3.05) is 40.9 Å². The zero-order chi connectivity index (χ0) is 29.3. The number of aromatic nitrogens is 2. The number of hydrogen-bond donors (Lipinski definition) is 0. The van der Waals surface area contributed by atoms with Crippen molar-refractivity contribution in [2.24, 2.45) is 4.99 Å². The van der Waals surface area contributed by atoms with Crippen LogP contribution in [0.15, 0.2) is 97.1 Å². The molecule has 1 aromatic heterocycles. The first-order valence-electron chi connectivity index (χ1n) is 13.2. The minimum Gasteiger partial charge on any atom is -0.382 e. The van der Waals surface area contributed by atoms with Gasteiger partial charge >= 0.3 is 0 Å². The molecule has 0 radical (unpaired) electrons. The van der Waals surface area contributed by atoms with E-state index < -0.39 is 0 Å². The molecule has 1 amide bonds. The number of amides is 1. The van der Waals surface area contributed by atoms with Gasteiger partial charge in [-0.15, -0.1) is 0 Å². The smallest absolute Gasteiger partial charge is 0.210 e. The summed E-state index contributed by atoms with van der Waals surface area (Å²) in [5, 5.41) is 4.29. The maximum Gasteiger partial charge on any atom is 0.210 e. The summed E-state index contributed by atoms with van der Waals surface area (Å²) < 4.78 is 6.99. The van der Waals surface area contributed by atoms with Crippen LogP contribution in [0.2, 0.25) is 0 Å². The van der Waals surface area contributed by atoms with Crippen LogP contribution in [0.1, 0.15) is 29.0 Å². The average Bonchev–Trinajstić information content (AvgIpc) is 3.42. The predicted molar refractivity (Wildman–Crippen MR) is 164 cm³/mol. The van der Waals surface area contributed by atoms with Gasteiger partial charge in [0.1, 0.15) is 5.69 Å². The second kappa shape index (κ2) is 17.4. The Balaban J connectivity index is 0.000000280. The second-order valence-electron chi connectivity index (χ2n) is 9.28. The molecule has 8 nitrogen and oxygen atoms in total. The number of aliphatic imine (C=N–C) groups is 1. The quantitative estimate of drug-likeness (QED) is 0.206. The molecular formula is C32H41N5O3. The molecule has 212 valence electrons. The van der Waals surface area contributed by atoms with E-state index in [4.69, 9.17) is 4.74 Å². The van der Waals surface area contributed by atoms with E-state index in [-0.39, 0.29) is 12.1 Å². The van der Waals surface area contributed by atoms with Crippen LogP contribution in [-0.2, 0) is 9.53 Å². The molecule has 0 unspecified atom stereocenters. The Morgan fingerprint density at radius 3 is 2.48 bits per heavy atom. The molecule has 1 aromatic carbocycles. The van der Waals surface area contributed by atoms with Crippen LogP contribution in [0.3, 0.4) is 0 Å². The summed E-state index contributed by atoms with van der Waals surface area (Å²) in [5.74, 6) is 0. The number of carbonyl (C=O) groups excluding carboxylic acids is 2. The average molecular weight is 544 g/mol. The molecule has 1 atom stereocenters. The normalized spacial score (nSPS) is 15.3. The summed E-state index contributed by atoms with van der Waals surface area (Å²) >= 11 is 0. The van der Waals surface area contributed by atoms with Crippen LogP contribution in [0.4, 0.5) is 0 Å². The number of hydrogen-bond acceptors (Lipinski definition) is 6. The molecule has 0 spiro atoms. The largest absolute Gasteiger partial charge is 0.382 e. The molecule has 0 aliphatic carbocycles. The van der Waals surface area contributed by atoms with E-state index in [0.29, 0.717) is 12.3 Å². The molecule has 0 saturated carbocycles. The van der Waals surface area contributed by atoms with Crippen LogP contribution >= 0.6 is 0 Å². The number of likely N-dealkylation sites (tertiary alicyclic amines) is 1. The van der Waals surface area contributed by atoms with E-state index >= 15 is 0 Å². The Hall–Kier alpha value is -4.14. The van der Waals surface area contributed by atoms with E-state index in [2.05, 4.69) is 41.8 Å². The van der Waals surface area contributed by atoms with Crippen molar-refractivity contribution in [1.82, 2.24) is 19.6 Å². The van der Waals surface area contributed by atoms with E-state index in [1.54, 1.807) is 43.3 Å². The van der Waals surface area contributed by atoms with Gasteiger partial charge < -0.3 is 14.5 Å². The minimum atomic E-state index is -0.109. The molecule has 1 fully saturated rings. The van der Waals surface area contributed by atoms with Crippen LogP contribution in [-0.4, -0.2) is 91.5 Å². The summed E-state index contributed by atoms with van der Waals surface area (Å²) in [6.07, 6.45) is 14.3. The zero-order valence-corrected chi connectivity index (χ0v) is 23.9. The lowest BCUT2D eigenvalue weighted by Gasteiger charge is -2.39. The van der Waals surface area contributed by atoms with Crippen molar-refractivity contribution in [3.8, 4) is 5.69 Å². The van der Waals surface area contributed by atoms with E-state index in [1.807, 2.05) is 53.5 Å². The van der Waals surface area contributed by atoms with Crippen molar-refractivity contribution in [3.63, 3.8) is 0 Å². The molecule has 0 bridgehead atoms. The highest BCUT2D eigenvalue weighted by atomic mass is 16.5. The van der Waals surface area contributed by atoms with Gasteiger partial charge in [-0.05, 0) is 62.8 Å². The maximum absolute atomic E-state index is 11.6. The Kier molecular flexibility index (Phi) is 14.0. The van der Waals surface area contributed by atoms with Crippen molar-refractivity contribution in [1.29, 1.82) is 0 Å². The standard InChI is InChI=1S/C16H15N3O.C16H26N2O2/c1-3-13(9-10-17-2)16-11-14(12-20)18-19(16)15-7-5-4-6-8-15;1-5-6-7-14(2)16(12-20-4)18(13-19)15-8-10-17(3)11-9-15/h3-12H,1H2,2H3;5-7,13,15-16H,1-2,8-12H2,3-4H3/b13-9+,17-10?;7-6-/t;16-/m.0/s1. The maximum atomic E-state index is 11.6. The van der Waals surface area contributed by atoms with E-state index in [0.717, 1.165) is 61.2 Å². The number of carbonyl (C=O) groups is 2. The lowest BCUT2D eigenvalue weighted by atomic mass is 9.99. The minimum absolute atomic E-state index is 0.109. The lowest BCUT2D eigenvalue weighted by Crippen LogP contribution is -2.49. The first-order valence-corrected chi connectivity index (χ1v) is 13.2. The number of benzene rings is 1. The third-order valence-electron chi connectivity index (χ3n) is 6.56. The predicted octanol–water partition coefficient (Wildman–Crippen LogP) is 4.81. The number of aldehydes is 1. The van der Waals surface area contributed by atoms with Crippen LogP contribution in [0.25, 0.3) is 11.3 Å². The van der Waals surface area contributed by atoms with Gasteiger partial charge in [-0.3, -0.25) is 14.6 Å². The van der Waals surface area contributed by atoms with Gasteiger partial charge in [0, 0.05) is 32.0 Å². The summed E-state index contributed by atoms with van der Waals surface area (Å²) in [4.78, 5) is 30.6. The number of allylic oxidation sites excluding steroid dienone is 5. The monoisotopic (exact) mass is 543 g/mol. The first-order chi connectivity index (χ1) is 19.4. The third-order valence-corrected chi connectivity index (χ3v) is 6.56. The summed E-state index contributed by atoms with van der Waals surface area (Å²) in [6.45, 7) is 14.0. The van der Waals surface area contributed by atoms with Gasteiger partial charge in [0.05, 0.1) is 24.0 Å². The Bertz CT molecular complexity index is 1200. The SMILES string of the molecule is C=C/C(=C\C=NC)c1cc(C=O)nn1-c1ccccc1.C=C/C=C\C(=C)[C@H](COC)N(C=O)C1CCN(C)CC1. The first kappa shape index (κ1) is 32.1. The molecule has 8 heteroatoms. The Labute approximate surface area is 238 Å². The Morgan fingerprint density at radius 1 is 1.23 bits per heavy atom. The van der Waals surface area contributed by atoms with Crippen molar-refractivity contribution >= 4 is 24.5 Å². The van der Waals surface area contributed by atoms with Crippen molar-refractivity contribution in [3.05, 3.63) is 103 Å². The summed E-state index contributed by atoms with van der Waals surface area (Å²) in [5.41, 5.74) is 3.79. The van der Waals surface area contributed by atoms with Gasteiger partial charge in [0.2, 0.25) is 6.41 Å². The highest BCUT2D eigenvalue weighted by molar-refractivity contribution is 5.88. The number of nitrogens with zero attached hydrogens (tertiary/aromatic N) is 5. The molecule has 40 heavy (non-hydrogen) atoms. The van der Waals surface area contributed by atoms with Crippen LogP contribution in [0.5, 0.6) is 0 Å². The molecule has 0 N–H and O–H groups in total. The number of para-hydroxylation sites is 1. The van der Waals surface area contributed by atoms with Gasteiger partial charge in [-0.1, -0.05) is 62.2 Å². The van der Waals surface area contributed by atoms with Crippen LogP contribution in [0, 0.1) is 0 Å². The van der Waals surface area contributed by atoms with Crippen molar-refractivity contribution in [2.45, 2.75) is 24.9 Å². The number of methoxy groups -OCH3 is 1. The van der Waals surface area contributed by atoms with Gasteiger partial charge in [0.15, 0.2) is 6.29 Å². The Morgan fingerprint density at radius 2 is 1.93 bits per heavy atom. The highest BCUT2D eigenvalue weighted by Gasteiger charge is 2.28. The number of ether oxygens (including phenoxy) is 1. The highest BCUT2D eigenvalue weighted by Crippen LogP contribution is 2.22. The van der Waals surface area contributed by atoms with E-state index in [9.17, 15) is 9.59 Å². The molecule has 3 rings (SSSR count). The molecule has 1 aliphatic heterocycles. The number of piperidine rings is 1. The van der Waals surface area contributed by atoms with E-state index in [1.165, 1.54) is 0 Å². The summed E-state index contributed by atoms with van der Waals surface area (Å²) in [7, 11) is 5.46. The summed E-state index contributed by atoms with van der Waals surface area (Å²) in [6, 6.07) is 11.5. The number of rotatable bonds is 13. The molecule has 2 heterocycles. The van der Waals surface area contributed by atoms with Gasteiger partial charge in [0.25, 0.3) is 0 Å². The lowest BCUT2D eigenvalue weighted by molar-refractivity contribution is -0.124. The molecule has 2 aromatic rings. The fourth-order valence-electron chi connectivity index (χ4n) is 4.39. The van der Waals surface area contributed by atoms with Gasteiger partial charge in [-0.2, -0.15) is 5.10 Å². The zero-order valence-electron chi connectivity index (χ0n) is 23.9. The van der Waals surface area contributed by atoms with Crippen molar-refractivity contribution < 1.29 is 14.3 Å². The molecule has 1 saturated heterocycles. The second-order valence-corrected chi connectivity index (χ2v) is 9.28. The molecule has 1 aliphatic rings. The fraction of sp³-hybridized carbons (Fsp3) is 0.312. The van der Waals surface area contributed by atoms with Gasteiger partial charge in [-0.25, -0.2) is 4.68 Å². The molecular weight excluding hydrogens is 502 g/mol. The fourth-order valence-corrected chi connectivity index (χ4v) is 4.39. The topological polar surface area (TPSA) is 80.0 Å². The third kappa shape index (κ3) is 9.25. The van der Waals surface area contributed by atoms with Crippen LogP contribution < -0.4 is 0 Å².